The molecule has 3 unspecified atom stereocenters. The van der Waals surface area contributed by atoms with Crippen molar-refractivity contribution in [2.45, 2.75) is 56.8 Å². The molecule has 2 saturated heterocycles. The average molecular weight is 431 g/mol. The molecule has 7 nitrogen and oxygen atoms in total. The van der Waals surface area contributed by atoms with E-state index in [1.165, 1.54) is 12.1 Å². The Bertz CT molecular complexity index is 898. The highest BCUT2D eigenvalue weighted by Gasteiger charge is 2.41. The van der Waals surface area contributed by atoms with Crippen molar-refractivity contribution in [1.29, 1.82) is 0 Å². The molecule has 2 fully saturated rings. The van der Waals surface area contributed by atoms with Gasteiger partial charge in [-0.3, -0.25) is 4.90 Å². The molecule has 3 aliphatic rings. The van der Waals surface area contributed by atoms with Gasteiger partial charge in [-0.2, -0.15) is 0 Å². The summed E-state index contributed by atoms with van der Waals surface area (Å²) >= 11 is 0. The van der Waals surface area contributed by atoms with Crippen molar-refractivity contribution < 1.29 is 9.50 Å². The van der Waals surface area contributed by atoms with E-state index in [2.05, 4.69) is 41.3 Å². The van der Waals surface area contributed by atoms with Gasteiger partial charge in [0, 0.05) is 48.0 Å². The minimum atomic E-state index is -0.691. The van der Waals surface area contributed by atoms with E-state index in [0.29, 0.717) is 23.9 Å². The monoisotopic (exact) mass is 430 g/mol. The summed E-state index contributed by atoms with van der Waals surface area (Å²) in [4.78, 5) is 4.85. The minimum absolute atomic E-state index is 0.157. The SMILES string of the molecule is CN(C1CC2CNC(N)=C(/C=C(\N)c3cccc(F)c3O)N2C1)C1CCNC(C)(C)C1. The summed E-state index contributed by atoms with van der Waals surface area (Å²) in [5, 5.41) is 17.0. The number of hydrogen-bond donors (Lipinski definition) is 5. The third-order valence-electron chi connectivity index (χ3n) is 7.07. The van der Waals surface area contributed by atoms with Gasteiger partial charge in [0.25, 0.3) is 0 Å². The van der Waals surface area contributed by atoms with E-state index >= 15 is 0 Å². The number of nitrogens with two attached hydrogens (primary N) is 2. The molecule has 3 aliphatic heterocycles. The largest absolute Gasteiger partial charge is 0.504 e. The van der Waals surface area contributed by atoms with Crippen molar-refractivity contribution in [3.63, 3.8) is 0 Å². The van der Waals surface area contributed by atoms with Crippen LogP contribution in [0, 0.1) is 5.82 Å². The van der Waals surface area contributed by atoms with Crippen molar-refractivity contribution in [2.24, 2.45) is 11.5 Å². The number of nitrogens with zero attached hydrogens (tertiary/aromatic N) is 2. The van der Waals surface area contributed by atoms with Gasteiger partial charge >= 0.3 is 0 Å². The second-order valence-electron chi connectivity index (χ2n) is 9.73. The highest BCUT2D eigenvalue weighted by atomic mass is 19.1. The molecule has 0 saturated carbocycles. The van der Waals surface area contributed by atoms with Gasteiger partial charge in [0.1, 0.15) is 5.82 Å². The molecule has 7 N–H and O–H groups in total. The Hall–Kier alpha value is -2.45. The molecule has 3 heterocycles. The molecule has 8 heteroatoms. The van der Waals surface area contributed by atoms with Gasteiger partial charge in [0.05, 0.1) is 5.70 Å². The van der Waals surface area contributed by atoms with Gasteiger partial charge < -0.3 is 32.1 Å². The predicted molar refractivity (Wildman–Crippen MR) is 121 cm³/mol. The number of aromatic hydroxyl groups is 1. The third kappa shape index (κ3) is 4.32. The Morgan fingerprint density at radius 2 is 2.13 bits per heavy atom. The summed E-state index contributed by atoms with van der Waals surface area (Å²) in [5.41, 5.74) is 14.1. The van der Waals surface area contributed by atoms with Crippen LogP contribution in [0.4, 0.5) is 4.39 Å². The maximum atomic E-state index is 13.8. The molecule has 1 aromatic rings. The molecule has 31 heavy (non-hydrogen) atoms. The molecular formula is C23H35FN6O. The molecule has 0 aromatic heterocycles. The van der Waals surface area contributed by atoms with Crippen LogP contribution in [0.3, 0.4) is 0 Å². The van der Waals surface area contributed by atoms with E-state index in [-0.39, 0.29) is 16.8 Å². The number of hydrogen-bond acceptors (Lipinski definition) is 7. The second kappa shape index (κ2) is 8.24. The van der Waals surface area contributed by atoms with Crippen LogP contribution in [-0.4, -0.2) is 65.3 Å². The van der Waals surface area contributed by atoms with E-state index in [1.807, 2.05) is 0 Å². The lowest BCUT2D eigenvalue weighted by Crippen LogP contribution is -2.54. The molecule has 0 radical (unpaired) electrons. The van der Waals surface area contributed by atoms with E-state index in [1.54, 1.807) is 12.1 Å². The van der Waals surface area contributed by atoms with Crippen LogP contribution >= 0.6 is 0 Å². The summed E-state index contributed by atoms with van der Waals surface area (Å²) in [6, 6.07) is 5.63. The fourth-order valence-corrected chi connectivity index (χ4v) is 5.27. The summed E-state index contributed by atoms with van der Waals surface area (Å²) in [6.07, 6.45) is 5.07. The number of phenolic OH excluding ortho intramolecular Hbond substituents is 1. The molecule has 0 aliphatic carbocycles. The van der Waals surface area contributed by atoms with Crippen molar-refractivity contribution in [1.82, 2.24) is 20.4 Å². The standard InChI is InChI=1S/C23H35FN6O/c1-23(2)11-14(7-8-28-23)29(3)16-9-15-12-27-22(26)20(30(15)13-16)10-19(25)17-5-4-6-18(24)21(17)31/h4-6,10,14-16,27-28,31H,7-9,11-13,25-26H2,1-3H3/b19-10-. The average Bonchev–Trinajstić information content (AvgIpc) is 3.15. The van der Waals surface area contributed by atoms with E-state index in [4.69, 9.17) is 11.5 Å². The van der Waals surface area contributed by atoms with Crippen molar-refractivity contribution >= 4 is 5.70 Å². The highest BCUT2D eigenvalue weighted by Crippen LogP contribution is 2.34. The first-order chi connectivity index (χ1) is 14.7. The van der Waals surface area contributed by atoms with Crippen LogP contribution in [0.15, 0.2) is 35.8 Å². The van der Waals surface area contributed by atoms with Crippen molar-refractivity contribution in [2.75, 3.05) is 26.7 Å². The fraction of sp³-hybridized carbons (Fsp3) is 0.565. The zero-order chi connectivity index (χ0) is 22.3. The Kier molecular flexibility index (Phi) is 5.79. The van der Waals surface area contributed by atoms with Gasteiger partial charge in [0.2, 0.25) is 0 Å². The summed E-state index contributed by atoms with van der Waals surface area (Å²) in [6.45, 7) is 7.23. The Morgan fingerprint density at radius 3 is 2.87 bits per heavy atom. The summed E-state index contributed by atoms with van der Waals surface area (Å²) in [7, 11) is 2.24. The first kappa shape index (κ1) is 21.8. The van der Waals surface area contributed by atoms with Gasteiger partial charge in [-0.25, -0.2) is 4.39 Å². The lowest BCUT2D eigenvalue weighted by molar-refractivity contribution is 0.108. The van der Waals surface area contributed by atoms with Crippen molar-refractivity contribution in [3.05, 3.63) is 47.2 Å². The first-order valence-corrected chi connectivity index (χ1v) is 11.1. The molecule has 3 atom stereocenters. The van der Waals surface area contributed by atoms with Crippen LogP contribution in [0.2, 0.25) is 0 Å². The minimum Gasteiger partial charge on any atom is -0.504 e. The molecule has 0 amide bonds. The first-order valence-electron chi connectivity index (χ1n) is 11.1. The summed E-state index contributed by atoms with van der Waals surface area (Å²) in [5.74, 6) is -0.576. The maximum Gasteiger partial charge on any atom is 0.165 e. The topological polar surface area (TPSA) is 103 Å². The number of para-hydroxylation sites is 1. The molecule has 1 aromatic carbocycles. The molecule has 4 rings (SSSR count). The van der Waals surface area contributed by atoms with E-state index in [9.17, 15) is 9.50 Å². The molecular weight excluding hydrogens is 395 g/mol. The lowest BCUT2D eigenvalue weighted by atomic mass is 9.88. The number of allylic oxidation sites excluding steroid dienone is 1. The number of phenols is 1. The van der Waals surface area contributed by atoms with E-state index in [0.717, 1.165) is 44.6 Å². The smallest absolute Gasteiger partial charge is 0.165 e. The molecule has 0 spiro atoms. The third-order valence-corrected chi connectivity index (χ3v) is 7.07. The van der Waals surface area contributed by atoms with Gasteiger partial charge in [0.15, 0.2) is 11.6 Å². The number of halogens is 1. The molecule has 0 bridgehead atoms. The summed E-state index contributed by atoms with van der Waals surface area (Å²) < 4.78 is 13.8. The number of benzene rings is 1. The Morgan fingerprint density at radius 1 is 1.35 bits per heavy atom. The number of nitrogens with one attached hydrogen (secondary N) is 2. The highest BCUT2D eigenvalue weighted by molar-refractivity contribution is 5.70. The number of fused-ring (bicyclic) bond motifs is 1. The Labute approximate surface area is 183 Å². The zero-order valence-electron chi connectivity index (χ0n) is 18.7. The van der Waals surface area contributed by atoms with Crippen LogP contribution in [0.5, 0.6) is 5.75 Å². The quantitative estimate of drug-likeness (QED) is 0.493. The molecule has 170 valence electrons. The van der Waals surface area contributed by atoms with E-state index < -0.39 is 11.6 Å². The number of likely N-dealkylation sites (N-methyl/N-ethyl adjacent to an activating group) is 1. The Balaban J connectivity index is 1.54. The van der Waals surface area contributed by atoms with Crippen LogP contribution in [0.1, 0.15) is 38.7 Å². The van der Waals surface area contributed by atoms with Gasteiger partial charge in [-0.05, 0) is 64.9 Å². The van der Waals surface area contributed by atoms with Crippen LogP contribution in [0.25, 0.3) is 5.70 Å². The van der Waals surface area contributed by atoms with Crippen molar-refractivity contribution in [3.8, 4) is 5.75 Å². The normalized spacial score (nSPS) is 28.6. The number of piperidine rings is 1. The van der Waals surface area contributed by atoms with Crippen LogP contribution < -0.4 is 22.1 Å². The number of rotatable bonds is 4. The predicted octanol–water partition coefficient (Wildman–Crippen LogP) is 1.47. The fourth-order valence-electron chi connectivity index (χ4n) is 5.27. The maximum absolute atomic E-state index is 13.8. The zero-order valence-corrected chi connectivity index (χ0v) is 18.7. The van der Waals surface area contributed by atoms with Crippen LogP contribution in [-0.2, 0) is 0 Å². The van der Waals surface area contributed by atoms with Gasteiger partial charge in [-0.1, -0.05) is 6.07 Å². The second-order valence-corrected chi connectivity index (χ2v) is 9.73. The lowest BCUT2D eigenvalue weighted by Gasteiger charge is -2.42. The van der Waals surface area contributed by atoms with Gasteiger partial charge in [-0.15, -0.1) is 0 Å².